The Hall–Kier alpha value is -3.04. The lowest BCUT2D eigenvalue weighted by Crippen LogP contribution is -2.20. The van der Waals surface area contributed by atoms with E-state index in [1.807, 2.05) is 0 Å². The number of hydrogen-bond acceptors (Lipinski definition) is 6. The third-order valence-electron chi connectivity index (χ3n) is 4.20. The third-order valence-corrected chi connectivity index (χ3v) is 5.97. The minimum Gasteiger partial charge on any atom is -0.310 e. The first-order valence-electron chi connectivity index (χ1n) is 8.24. The Bertz CT molecular complexity index is 1330. The first-order chi connectivity index (χ1) is 13.4. The van der Waals surface area contributed by atoms with Crippen molar-refractivity contribution in [3.8, 4) is 0 Å². The summed E-state index contributed by atoms with van der Waals surface area (Å²) in [7, 11) is -3.95. The van der Waals surface area contributed by atoms with Gasteiger partial charge in [0.15, 0.2) is 0 Å². The van der Waals surface area contributed by atoms with Crippen LogP contribution in [0, 0.1) is 6.92 Å². The Labute approximate surface area is 165 Å². The van der Waals surface area contributed by atoms with Crippen LogP contribution in [0.2, 0.25) is 5.15 Å². The van der Waals surface area contributed by atoms with Crippen molar-refractivity contribution in [2.24, 2.45) is 0 Å². The molecule has 1 aromatic carbocycles. The molecule has 0 saturated carbocycles. The maximum atomic E-state index is 12.8. The summed E-state index contributed by atoms with van der Waals surface area (Å²) in [6.07, 6.45) is 1.61. The van der Waals surface area contributed by atoms with E-state index in [9.17, 15) is 13.2 Å². The molecule has 0 aliphatic carbocycles. The molecule has 0 spiro atoms. The average Bonchev–Trinajstić information content (AvgIpc) is 3.14. The second kappa shape index (κ2) is 6.84. The summed E-state index contributed by atoms with van der Waals surface area (Å²) in [6, 6.07) is 12.7. The molecule has 0 bridgehead atoms. The molecular formula is C18H14ClN5O3S. The van der Waals surface area contributed by atoms with Crippen LogP contribution < -0.4 is 5.56 Å². The average molecular weight is 416 g/mol. The highest BCUT2D eigenvalue weighted by Crippen LogP contribution is 2.18. The Kier molecular flexibility index (Phi) is 4.48. The quantitative estimate of drug-likeness (QED) is 0.473. The second-order valence-corrected chi connectivity index (χ2v) is 8.35. The highest BCUT2D eigenvalue weighted by atomic mass is 35.5. The molecule has 0 saturated heterocycles. The first kappa shape index (κ1) is 18.3. The molecule has 4 aromatic rings. The van der Waals surface area contributed by atoms with Gasteiger partial charge >= 0.3 is 0 Å². The van der Waals surface area contributed by atoms with E-state index < -0.39 is 20.6 Å². The van der Waals surface area contributed by atoms with Crippen molar-refractivity contribution in [2.75, 3.05) is 0 Å². The minimum atomic E-state index is -3.95. The molecule has 0 aliphatic heterocycles. The van der Waals surface area contributed by atoms with Gasteiger partial charge in [-0.25, -0.2) is 13.4 Å². The normalized spacial score (nSPS) is 11.8. The van der Waals surface area contributed by atoms with E-state index in [-0.39, 0.29) is 10.7 Å². The maximum Gasteiger partial charge on any atom is 0.275 e. The van der Waals surface area contributed by atoms with Gasteiger partial charge in [-0.05, 0) is 30.7 Å². The molecular weight excluding hydrogens is 402 g/mol. The number of benzene rings is 1. The Morgan fingerprint density at radius 1 is 1.11 bits per heavy atom. The van der Waals surface area contributed by atoms with Gasteiger partial charge < -0.3 is 4.57 Å². The smallest absolute Gasteiger partial charge is 0.275 e. The van der Waals surface area contributed by atoms with Gasteiger partial charge in [0, 0.05) is 18.0 Å². The molecule has 3 aromatic heterocycles. The number of sulfone groups is 1. The van der Waals surface area contributed by atoms with Crippen LogP contribution in [-0.4, -0.2) is 32.6 Å². The highest BCUT2D eigenvalue weighted by molar-refractivity contribution is 7.91. The van der Waals surface area contributed by atoms with Gasteiger partial charge in [-0.15, -0.1) is 5.10 Å². The molecule has 0 N–H and O–H groups in total. The van der Waals surface area contributed by atoms with Crippen LogP contribution in [0.15, 0.2) is 69.6 Å². The Morgan fingerprint density at radius 3 is 2.54 bits per heavy atom. The third kappa shape index (κ3) is 3.19. The number of rotatable bonds is 4. The fourth-order valence-electron chi connectivity index (χ4n) is 2.78. The number of aromatic nitrogens is 5. The van der Waals surface area contributed by atoms with Gasteiger partial charge in [0.25, 0.3) is 10.7 Å². The van der Waals surface area contributed by atoms with Gasteiger partial charge in [0.1, 0.15) is 5.15 Å². The summed E-state index contributed by atoms with van der Waals surface area (Å²) in [5.74, 6) is 0.134. The fourth-order valence-corrected chi connectivity index (χ4v) is 4.01. The highest BCUT2D eigenvalue weighted by Gasteiger charge is 2.25. The van der Waals surface area contributed by atoms with Gasteiger partial charge in [-0.3, -0.25) is 4.79 Å². The lowest BCUT2D eigenvalue weighted by molar-refractivity contribution is 0.586. The molecule has 0 unspecified atom stereocenters. The maximum absolute atomic E-state index is 12.8. The zero-order chi connectivity index (χ0) is 19.9. The van der Waals surface area contributed by atoms with Gasteiger partial charge in [0.05, 0.1) is 11.4 Å². The first-order valence-corrected chi connectivity index (χ1v) is 10.1. The molecule has 0 aliphatic rings. The van der Waals surface area contributed by atoms with E-state index in [0.717, 1.165) is 10.1 Å². The van der Waals surface area contributed by atoms with Crippen LogP contribution >= 0.6 is 11.6 Å². The zero-order valence-corrected chi connectivity index (χ0v) is 16.2. The summed E-state index contributed by atoms with van der Waals surface area (Å²) in [4.78, 5) is 20.6. The standard InChI is InChI=1S/C18H14ClN5O3S/c1-12-9-16(25)24-18(23(12)11-13-7-8-15(19)20-10-13)21-17(22-24)28(26,27)14-5-3-2-4-6-14/h2-10H,11H2,1H3. The van der Waals surface area contributed by atoms with Crippen molar-refractivity contribution in [1.82, 2.24) is 24.1 Å². The van der Waals surface area contributed by atoms with Crippen LogP contribution in [0.4, 0.5) is 0 Å². The van der Waals surface area contributed by atoms with E-state index in [1.165, 1.54) is 18.2 Å². The summed E-state index contributed by atoms with van der Waals surface area (Å²) in [6.45, 7) is 2.06. The monoisotopic (exact) mass is 415 g/mol. The number of nitrogens with zero attached hydrogens (tertiary/aromatic N) is 5. The predicted molar refractivity (Wildman–Crippen MR) is 102 cm³/mol. The number of aryl methyl sites for hydroxylation is 1. The Balaban J connectivity index is 1.88. The molecule has 0 amide bonds. The number of halogens is 1. The summed E-state index contributed by atoms with van der Waals surface area (Å²) >= 11 is 5.82. The van der Waals surface area contributed by atoms with E-state index >= 15 is 0 Å². The van der Waals surface area contributed by atoms with Crippen molar-refractivity contribution in [1.29, 1.82) is 0 Å². The van der Waals surface area contributed by atoms with Crippen LogP contribution in [0.3, 0.4) is 0 Å². The van der Waals surface area contributed by atoms with Crippen molar-refractivity contribution in [3.63, 3.8) is 0 Å². The zero-order valence-electron chi connectivity index (χ0n) is 14.7. The topological polar surface area (TPSA) is 99.2 Å². The van der Waals surface area contributed by atoms with Gasteiger partial charge in [-0.2, -0.15) is 9.50 Å². The molecule has 10 heteroatoms. The molecule has 0 atom stereocenters. The van der Waals surface area contributed by atoms with Crippen LogP contribution in [0.1, 0.15) is 11.3 Å². The van der Waals surface area contributed by atoms with Gasteiger partial charge in [-0.1, -0.05) is 35.9 Å². The van der Waals surface area contributed by atoms with Crippen LogP contribution in [0.5, 0.6) is 0 Å². The van der Waals surface area contributed by atoms with Gasteiger partial charge in [0.2, 0.25) is 15.6 Å². The lowest BCUT2D eigenvalue weighted by atomic mass is 10.3. The molecule has 0 fully saturated rings. The SMILES string of the molecule is Cc1cc(=O)n2nc(S(=O)(=O)c3ccccc3)nc2n1Cc1ccc(Cl)nc1. The van der Waals surface area contributed by atoms with Crippen molar-refractivity contribution < 1.29 is 8.42 Å². The Morgan fingerprint density at radius 2 is 1.86 bits per heavy atom. The largest absolute Gasteiger partial charge is 0.310 e. The molecule has 28 heavy (non-hydrogen) atoms. The predicted octanol–water partition coefficient (Wildman–Crippen LogP) is 2.13. The van der Waals surface area contributed by atoms with E-state index in [0.29, 0.717) is 17.4 Å². The second-order valence-electron chi connectivity index (χ2n) is 6.12. The number of pyridine rings is 1. The van der Waals surface area contributed by atoms with Crippen LogP contribution in [0.25, 0.3) is 5.78 Å². The van der Waals surface area contributed by atoms with Crippen molar-refractivity contribution in [3.05, 3.63) is 81.5 Å². The summed E-state index contributed by atoms with van der Waals surface area (Å²) < 4.78 is 28.4. The van der Waals surface area contributed by atoms with Crippen molar-refractivity contribution >= 4 is 27.2 Å². The summed E-state index contributed by atoms with van der Waals surface area (Å²) in [5.41, 5.74) is 0.969. The van der Waals surface area contributed by atoms with E-state index in [2.05, 4.69) is 15.1 Å². The molecule has 0 radical (unpaired) electrons. The molecule has 8 nitrogen and oxygen atoms in total. The molecule has 142 valence electrons. The van der Waals surface area contributed by atoms with E-state index in [4.69, 9.17) is 11.6 Å². The minimum absolute atomic E-state index is 0.0588. The lowest BCUT2D eigenvalue weighted by Gasteiger charge is -2.11. The fraction of sp³-hybridized carbons (Fsp3) is 0.111. The number of fused-ring (bicyclic) bond motifs is 1. The van der Waals surface area contributed by atoms with Crippen LogP contribution in [-0.2, 0) is 16.4 Å². The van der Waals surface area contributed by atoms with E-state index in [1.54, 1.807) is 48.0 Å². The molecule has 4 rings (SSSR count). The van der Waals surface area contributed by atoms with Crippen molar-refractivity contribution in [2.45, 2.75) is 23.5 Å². The number of hydrogen-bond donors (Lipinski definition) is 0. The molecule has 3 heterocycles. The summed E-state index contributed by atoms with van der Waals surface area (Å²) in [5, 5.41) is 3.90.